The molecule has 2 aromatic rings. The van der Waals surface area contributed by atoms with Gasteiger partial charge in [-0.15, -0.1) is 0 Å². The summed E-state index contributed by atoms with van der Waals surface area (Å²) in [6.45, 7) is 4.60. The molecule has 0 unspecified atom stereocenters. The predicted molar refractivity (Wildman–Crippen MR) is 122 cm³/mol. The average molecular weight is 499 g/mol. The lowest BCUT2D eigenvalue weighted by Gasteiger charge is -2.33. The van der Waals surface area contributed by atoms with Gasteiger partial charge in [0.2, 0.25) is 15.9 Å². The summed E-state index contributed by atoms with van der Waals surface area (Å²) < 4.78 is 72.5. The first-order valence-corrected chi connectivity index (χ1v) is 12.5. The molecule has 0 aliphatic carbocycles. The Balaban J connectivity index is 1.56. The van der Waals surface area contributed by atoms with Gasteiger partial charge in [-0.2, -0.15) is 17.5 Å². The van der Waals surface area contributed by atoms with Crippen molar-refractivity contribution in [3.8, 4) is 5.75 Å². The summed E-state index contributed by atoms with van der Waals surface area (Å²) in [6, 6.07) is 10.0. The molecule has 0 N–H and O–H groups in total. The van der Waals surface area contributed by atoms with Crippen LogP contribution in [0.3, 0.4) is 0 Å². The van der Waals surface area contributed by atoms with E-state index in [0.717, 1.165) is 39.4 Å². The van der Waals surface area contributed by atoms with Crippen LogP contribution in [-0.2, 0) is 21.0 Å². The van der Waals surface area contributed by atoms with Crippen molar-refractivity contribution in [3.05, 3.63) is 59.2 Å². The molecular weight excluding hydrogens is 469 g/mol. The lowest BCUT2D eigenvalue weighted by Crippen LogP contribution is -2.44. The Hall–Kier alpha value is -2.59. The van der Waals surface area contributed by atoms with E-state index < -0.39 is 32.6 Å². The van der Waals surface area contributed by atoms with E-state index in [2.05, 4.69) is 0 Å². The monoisotopic (exact) mass is 498 g/mol. The number of hydrogen-bond donors (Lipinski definition) is 0. The zero-order chi connectivity index (χ0) is 25.1. The lowest BCUT2D eigenvalue weighted by molar-refractivity contribution is -0.140. The first-order valence-electron chi connectivity index (χ1n) is 11.0. The highest BCUT2D eigenvalue weighted by Gasteiger charge is 2.40. The van der Waals surface area contributed by atoms with Gasteiger partial charge in [-0.25, -0.2) is 8.42 Å². The van der Waals surface area contributed by atoms with Crippen LogP contribution in [0.1, 0.15) is 29.5 Å². The second-order valence-electron chi connectivity index (χ2n) is 8.60. The van der Waals surface area contributed by atoms with Crippen LogP contribution in [-0.4, -0.2) is 56.8 Å². The maximum absolute atomic E-state index is 13.3. The standard InChI is InChI=1S/C24H29F3N2O4S/c1-17-14-18(2)16-20(15-17)33-13-12-28(3)23(30)19-8-10-29(11-9-19)34(31,32)22-7-5-4-6-21(22)24(25,26)27/h4-7,14-16,19H,8-13H2,1-3H3. The van der Waals surface area contributed by atoms with Crippen LogP contribution in [0.4, 0.5) is 13.2 Å². The van der Waals surface area contributed by atoms with Gasteiger partial charge in [0, 0.05) is 26.1 Å². The van der Waals surface area contributed by atoms with Crippen LogP contribution >= 0.6 is 0 Å². The minimum atomic E-state index is -4.78. The molecule has 1 aliphatic rings. The highest BCUT2D eigenvalue weighted by Crippen LogP contribution is 2.36. The number of aryl methyl sites for hydroxylation is 2. The molecule has 1 amide bonds. The van der Waals surface area contributed by atoms with Crippen molar-refractivity contribution in [3.63, 3.8) is 0 Å². The SMILES string of the molecule is Cc1cc(C)cc(OCCN(C)C(=O)C2CCN(S(=O)(=O)c3ccccc3C(F)(F)F)CC2)c1. The predicted octanol–water partition coefficient (Wildman–Crippen LogP) is 4.26. The number of ether oxygens (including phenoxy) is 1. The number of amides is 1. The number of rotatable bonds is 7. The fourth-order valence-electron chi connectivity index (χ4n) is 4.15. The van der Waals surface area contributed by atoms with E-state index in [1.165, 1.54) is 6.07 Å². The Kier molecular flexibility index (Phi) is 7.92. The smallest absolute Gasteiger partial charge is 0.417 e. The third-order valence-electron chi connectivity index (χ3n) is 5.88. The van der Waals surface area contributed by atoms with Gasteiger partial charge >= 0.3 is 6.18 Å². The third kappa shape index (κ3) is 6.09. The minimum Gasteiger partial charge on any atom is -0.492 e. The summed E-state index contributed by atoms with van der Waals surface area (Å²) in [5.41, 5.74) is 0.981. The van der Waals surface area contributed by atoms with E-state index in [9.17, 15) is 26.4 Å². The molecule has 1 saturated heterocycles. The molecule has 3 rings (SSSR count). The summed E-state index contributed by atoms with van der Waals surface area (Å²) in [7, 11) is -2.67. The normalized spacial score (nSPS) is 15.8. The van der Waals surface area contributed by atoms with Crippen LogP contribution in [0.15, 0.2) is 47.4 Å². The molecule has 10 heteroatoms. The number of piperidine rings is 1. The van der Waals surface area contributed by atoms with Gasteiger partial charge in [-0.1, -0.05) is 18.2 Å². The van der Waals surface area contributed by atoms with Crippen LogP contribution in [0, 0.1) is 19.8 Å². The Morgan fingerprint density at radius 3 is 2.26 bits per heavy atom. The molecule has 0 aromatic heterocycles. The zero-order valence-electron chi connectivity index (χ0n) is 19.4. The van der Waals surface area contributed by atoms with Crippen molar-refractivity contribution in [2.75, 3.05) is 33.3 Å². The Labute approximate surface area is 198 Å². The number of hydrogen-bond acceptors (Lipinski definition) is 4. The molecule has 0 spiro atoms. The maximum Gasteiger partial charge on any atom is 0.417 e. The maximum atomic E-state index is 13.3. The van der Waals surface area contributed by atoms with Gasteiger partial charge in [-0.05, 0) is 62.1 Å². The molecule has 1 heterocycles. The molecule has 1 aliphatic heterocycles. The van der Waals surface area contributed by atoms with E-state index in [4.69, 9.17) is 4.74 Å². The molecule has 2 aromatic carbocycles. The molecule has 1 fully saturated rings. The number of sulfonamides is 1. The molecule has 34 heavy (non-hydrogen) atoms. The molecule has 0 saturated carbocycles. The second-order valence-corrected chi connectivity index (χ2v) is 10.5. The first kappa shape index (κ1) is 26.0. The number of alkyl halides is 3. The minimum absolute atomic E-state index is 0.0160. The molecule has 0 radical (unpaired) electrons. The van der Waals surface area contributed by atoms with Crippen molar-refractivity contribution in [2.45, 2.75) is 37.8 Å². The summed E-state index contributed by atoms with van der Waals surface area (Å²) >= 11 is 0. The summed E-state index contributed by atoms with van der Waals surface area (Å²) in [6.07, 6.45) is -4.29. The fraction of sp³-hybridized carbons (Fsp3) is 0.458. The largest absolute Gasteiger partial charge is 0.492 e. The number of benzene rings is 2. The van der Waals surface area contributed by atoms with Gasteiger partial charge in [0.25, 0.3) is 0 Å². The molecule has 0 bridgehead atoms. The number of carbonyl (C=O) groups is 1. The average Bonchev–Trinajstić information content (AvgIpc) is 2.77. The van der Waals surface area contributed by atoms with Gasteiger partial charge in [0.1, 0.15) is 12.4 Å². The van der Waals surface area contributed by atoms with E-state index in [0.29, 0.717) is 13.2 Å². The van der Waals surface area contributed by atoms with Crippen molar-refractivity contribution in [1.29, 1.82) is 0 Å². The van der Waals surface area contributed by atoms with Gasteiger partial charge in [0.05, 0.1) is 17.0 Å². The van der Waals surface area contributed by atoms with Gasteiger partial charge < -0.3 is 9.64 Å². The van der Waals surface area contributed by atoms with Crippen molar-refractivity contribution in [2.24, 2.45) is 5.92 Å². The van der Waals surface area contributed by atoms with Crippen LogP contribution in [0.25, 0.3) is 0 Å². The highest BCUT2D eigenvalue weighted by molar-refractivity contribution is 7.89. The Morgan fingerprint density at radius 1 is 1.09 bits per heavy atom. The fourth-order valence-corrected chi connectivity index (χ4v) is 5.83. The number of likely N-dealkylation sites (N-methyl/N-ethyl adjacent to an activating group) is 1. The molecule has 6 nitrogen and oxygen atoms in total. The van der Waals surface area contributed by atoms with E-state index >= 15 is 0 Å². The quantitative estimate of drug-likeness (QED) is 0.572. The van der Waals surface area contributed by atoms with Gasteiger partial charge in [0.15, 0.2) is 0 Å². The second kappa shape index (κ2) is 10.4. The van der Waals surface area contributed by atoms with E-state index in [1.807, 2.05) is 32.0 Å². The van der Waals surface area contributed by atoms with Gasteiger partial charge in [-0.3, -0.25) is 4.79 Å². The van der Waals surface area contributed by atoms with E-state index in [-0.39, 0.29) is 31.8 Å². The zero-order valence-corrected chi connectivity index (χ0v) is 20.2. The summed E-state index contributed by atoms with van der Waals surface area (Å²) in [4.78, 5) is 13.6. The summed E-state index contributed by atoms with van der Waals surface area (Å²) in [5, 5.41) is 0. The number of nitrogens with zero attached hydrogens (tertiary/aromatic N) is 2. The van der Waals surface area contributed by atoms with Crippen molar-refractivity contribution >= 4 is 15.9 Å². The number of halogens is 3. The molecule has 186 valence electrons. The first-order chi connectivity index (χ1) is 15.9. The summed E-state index contributed by atoms with van der Waals surface area (Å²) in [5.74, 6) is 0.211. The van der Waals surface area contributed by atoms with E-state index in [1.54, 1.807) is 11.9 Å². The lowest BCUT2D eigenvalue weighted by atomic mass is 9.97. The molecule has 0 atom stereocenters. The van der Waals surface area contributed by atoms with Crippen molar-refractivity contribution < 1.29 is 31.1 Å². The Bertz CT molecular complexity index is 1110. The van der Waals surface area contributed by atoms with Crippen LogP contribution < -0.4 is 4.74 Å². The van der Waals surface area contributed by atoms with Crippen LogP contribution in [0.5, 0.6) is 5.75 Å². The van der Waals surface area contributed by atoms with Crippen molar-refractivity contribution in [1.82, 2.24) is 9.21 Å². The van der Waals surface area contributed by atoms with Crippen LogP contribution in [0.2, 0.25) is 0 Å². The highest BCUT2D eigenvalue weighted by atomic mass is 32.2. The molecular formula is C24H29F3N2O4S. The topological polar surface area (TPSA) is 66.9 Å². The number of carbonyl (C=O) groups excluding carboxylic acids is 1. The third-order valence-corrected chi connectivity index (χ3v) is 7.84. The Morgan fingerprint density at radius 2 is 1.68 bits per heavy atom.